The molecule has 1 radical (unpaired) electrons. The van der Waals surface area contributed by atoms with Crippen LogP contribution in [0.25, 0.3) is 0 Å². The van der Waals surface area contributed by atoms with Crippen LogP contribution in [0.4, 0.5) is 0 Å². The van der Waals surface area contributed by atoms with E-state index in [1.165, 1.54) is 12.3 Å². The van der Waals surface area contributed by atoms with Gasteiger partial charge in [0.1, 0.15) is 0 Å². The van der Waals surface area contributed by atoms with Crippen LogP contribution in [-0.2, 0) is 0 Å². The Hall–Kier alpha value is -1.16. The van der Waals surface area contributed by atoms with Crippen molar-refractivity contribution in [1.82, 2.24) is 9.97 Å². The molecule has 1 rings (SSSR count). The van der Waals surface area contributed by atoms with E-state index in [4.69, 9.17) is 5.26 Å². The van der Waals surface area contributed by atoms with E-state index in [0.717, 1.165) is 0 Å². The van der Waals surface area contributed by atoms with Crippen molar-refractivity contribution in [2.24, 2.45) is 0 Å². The van der Waals surface area contributed by atoms with Gasteiger partial charge in [0.25, 0.3) is 5.88 Å². The first kappa shape index (κ1) is 4.99. The molecule has 1 aromatic rings. The minimum absolute atomic E-state index is 0.0972. The molecule has 0 aliphatic rings. The first-order valence-electron chi connectivity index (χ1n) is 1.94. The summed E-state index contributed by atoms with van der Waals surface area (Å²) in [5.74, 6) is 0.0972. The Morgan fingerprint density at radius 3 is 3.00 bits per heavy atom. The van der Waals surface area contributed by atoms with Crippen LogP contribution in [0.5, 0.6) is 5.88 Å². The molecule has 0 atom stereocenters. The lowest BCUT2D eigenvalue weighted by Crippen LogP contribution is -1.86. The van der Waals surface area contributed by atoms with Crippen molar-refractivity contribution in [3.05, 3.63) is 18.6 Å². The van der Waals surface area contributed by atoms with Gasteiger partial charge in [-0.3, -0.25) is 0 Å². The van der Waals surface area contributed by atoms with Gasteiger partial charge in [0.05, 0.1) is 0 Å². The lowest BCUT2D eigenvalue weighted by molar-refractivity contribution is -0.141. The summed E-state index contributed by atoms with van der Waals surface area (Å²) in [6.07, 6.45) is 3.64. The number of hydrogen-bond donors (Lipinski definition) is 1. The van der Waals surface area contributed by atoms with Crippen molar-refractivity contribution in [2.75, 3.05) is 0 Å². The van der Waals surface area contributed by atoms with Crippen LogP contribution < -0.4 is 4.89 Å². The van der Waals surface area contributed by atoms with Gasteiger partial charge in [-0.25, -0.2) is 10.2 Å². The van der Waals surface area contributed by atoms with Crippen molar-refractivity contribution in [3.63, 3.8) is 0 Å². The molecule has 41 valence electrons. The fraction of sp³-hybridized carbons (Fsp3) is 0. The van der Waals surface area contributed by atoms with Crippen LogP contribution in [0.3, 0.4) is 0 Å². The second-order valence-electron chi connectivity index (χ2n) is 1.09. The zero-order valence-electron chi connectivity index (χ0n) is 3.90. The molecule has 1 N–H and O–H groups in total. The molecule has 1 aromatic heterocycles. The van der Waals surface area contributed by atoms with Crippen molar-refractivity contribution < 1.29 is 10.1 Å². The molecule has 0 amide bonds. The van der Waals surface area contributed by atoms with E-state index in [0.29, 0.717) is 0 Å². The van der Waals surface area contributed by atoms with Gasteiger partial charge in [-0.2, -0.15) is 4.98 Å². The zero-order chi connectivity index (χ0) is 5.82. The third kappa shape index (κ3) is 0.913. The molecule has 4 nitrogen and oxygen atoms in total. The SMILES string of the molecule is OOc1ccn[c]n1. The van der Waals surface area contributed by atoms with E-state index >= 15 is 0 Å². The summed E-state index contributed by atoms with van der Waals surface area (Å²) in [6.45, 7) is 0. The van der Waals surface area contributed by atoms with Crippen LogP contribution in [0, 0.1) is 6.33 Å². The Morgan fingerprint density at radius 2 is 2.62 bits per heavy atom. The fourth-order valence-electron chi connectivity index (χ4n) is 0.301. The number of nitrogens with zero attached hydrogens (tertiary/aromatic N) is 2. The van der Waals surface area contributed by atoms with E-state index in [9.17, 15) is 0 Å². The van der Waals surface area contributed by atoms with Crippen LogP contribution in [0.2, 0.25) is 0 Å². The summed E-state index contributed by atoms with van der Waals surface area (Å²) in [7, 11) is 0. The predicted molar refractivity (Wildman–Crippen MR) is 24.1 cm³/mol. The van der Waals surface area contributed by atoms with Crippen molar-refractivity contribution in [2.45, 2.75) is 0 Å². The number of hydrogen-bond acceptors (Lipinski definition) is 4. The van der Waals surface area contributed by atoms with Gasteiger partial charge in [-0.1, -0.05) is 0 Å². The Labute approximate surface area is 45.7 Å². The van der Waals surface area contributed by atoms with Crippen LogP contribution in [-0.4, -0.2) is 15.2 Å². The van der Waals surface area contributed by atoms with Gasteiger partial charge in [0.15, 0.2) is 0 Å². The molecule has 0 aliphatic carbocycles. The Balaban J connectivity index is 2.83. The molecule has 0 aliphatic heterocycles. The van der Waals surface area contributed by atoms with E-state index in [1.807, 2.05) is 0 Å². The molecule has 1 heterocycles. The molecule has 0 unspecified atom stereocenters. The molecular weight excluding hydrogens is 108 g/mol. The fourth-order valence-corrected chi connectivity index (χ4v) is 0.301. The van der Waals surface area contributed by atoms with Gasteiger partial charge in [-0.15, -0.1) is 0 Å². The largest absolute Gasteiger partial charge is 0.319 e. The minimum atomic E-state index is 0.0972. The Kier molecular flexibility index (Phi) is 1.39. The van der Waals surface area contributed by atoms with Gasteiger partial charge in [0, 0.05) is 12.3 Å². The average Bonchev–Trinajstić information content (AvgIpc) is 1.90. The standard InChI is InChI=1S/C4H3N2O2/c7-8-4-1-2-5-3-6-4/h1-2,7H. The molecule has 0 fully saturated rings. The van der Waals surface area contributed by atoms with E-state index in [2.05, 4.69) is 21.2 Å². The van der Waals surface area contributed by atoms with Crippen LogP contribution in [0.15, 0.2) is 12.3 Å². The van der Waals surface area contributed by atoms with E-state index in [-0.39, 0.29) is 5.88 Å². The molecule has 4 heteroatoms. The molecular formula is C4H3N2O2. The summed E-state index contributed by atoms with van der Waals surface area (Å²) in [5.41, 5.74) is 0. The van der Waals surface area contributed by atoms with Gasteiger partial charge < -0.3 is 4.89 Å². The Morgan fingerprint density at radius 1 is 1.75 bits per heavy atom. The highest BCUT2D eigenvalue weighted by molar-refractivity contribution is 5.02. The lowest BCUT2D eigenvalue weighted by atomic mass is 10.6. The highest BCUT2D eigenvalue weighted by atomic mass is 17.1. The molecule has 8 heavy (non-hydrogen) atoms. The van der Waals surface area contributed by atoms with E-state index in [1.54, 1.807) is 0 Å². The molecule has 0 saturated heterocycles. The Bertz CT molecular complexity index is 153. The average molecular weight is 111 g/mol. The normalized spacial score (nSPS) is 8.62. The van der Waals surface area contributed by atoms with Crippen LogP contribution >= 0.6 is 0 Å². The van der Waals surface area contributed by atoms with Crippen molar-refractivity contribution in [3.8, 4) is 5.88 Å². The summed E-state index contributed by atoms with van der Waals surface area (Å²) in [6, 6.07) is 1.41. The minimum Gasteiger partial charge on any atom is -0.319 e. The van der Waals surface area contributed by atoms with Crippen molar-refractivity contribution >= 4 is 0 Å². The summed E-state index contributed by atoms with van der Waals surface area (Å²) >= 11 is 0. The van der Waals surface area contributed by atoms with Crippen LogP contribution in [0.1, 0.15) is 0 Å². The third-order valence-corrected chi connectivity index (χ3v) is 0.603. The second-order valence-corrected chi connectivity index (χ2v) is 1.09. The number of aromatic nitrogens is 2. The highest BCUT2D eigenvalue weighted by Gasteiger charge is 1.86. The first-order chi connectivity index (χ1) is 3.93. The molecule has 0 saturated carbocycles. The second kappa shape index (κ2) is 2.23. The monoisotopic (exact) mass is 111 g/mol. The maximum atomic E-state index is 7.93. The lowest BCUT2D eigenvalue weighted by Gasteiger charge is -1.87. The predicted octanol–water partition coefficient (Wildman–Crippen LogP) is 0.129. The topological polar surface area (TPSA) is 55.2 Å². The number of rotatable bonds is 1. The molecule has 0 spiro atoms. The van der Waals surface area contributed by atoms with Gasteiger partial charge >= 0.3 is 0 Å². The molecule has 0 aromatic carbocycles. The maximum absolute atomic E-state index is 7.93. The highest BCUT2D eigenvalue weighted by Crippen LogP contribution is 1.97. The van der Waals surface area contributed by atoms with Crippen molar-refractivity contribution in [1.29, 1.82) is 0 Å². The van der Waals surface area contributed by atoms with Gasteiger partial charge in [0.2, 0.25) is 6.33 Å². The summed E-state index contributed by atoms with van der Waals surface area (Å²) < 4.78 is 0. The molecule has 0 bridgehead atoms. The maximum Gasteiger partial charge on any atom is 0.259 e. The van der Waals surface area contributed by atoms with Gasteiger partial charge in [-0.05, 0) is 0 Å². The smallest absolute Gasteiger partial charge is 0.259 e. The van der Waals surface area contributed by atoms with E-state index < -0.39 is 0 Å². The quantitative estimate of drug-likeness (QED) is 0.413. The summed E-state index contributed by atoms with van der Waals surface area (Å²) in [5, 5.41) is 7.93. The first-order valence-corrected chi connectivity index (χ1v) is 1.94. The third-order valence-electron chi connectivity index (χ3n) is 0.603. The zero-order valence-corrected chi connectivity index (χ0v) is 3.90. The summed E-state index contributed by atoms with van der Waals surface area (Å²) in [4.78, 5) is 10.6.